The second kappa shape index (κ2) is 9.43. The average Bonchev–Trinajstić information content (AvgIpc) is 3.34. The van der Waals surface area contributed by atoms with E-state index in [9.17, 15) is 9.59 Å². The van der Waals surface area contributed by atoms with Crippen LogP contribution in [0.15, 0.2) is 54.6 Å². The normalized spacial score (nSPS) is 18.9. The number of rotatable bonds is 5. The number of benzene rings is 2. The molecule has 5 nitrogen and oxygen atoms in total. The fourth-order valence-electron chi connectivity index (χ4n) is 4.61. The number of carbonyl (C=O) groups is 2. The van der Waals surface area contributed by atoms with E-state index < -0.39 is 0 Å². The van der Waals surface area contributed by atoms with Crippen LogP contribution in [-0.2, 0) is 4.79 Å². The Balaban J connectivity index is 1.35. The predicted molar refractivity (Wildman–Crippen MR) is 119 cm³/mol. The van der Waals surface area contributed by atoms with Gasteiger partial charge in [0.15, 0.2) is 0 Å². The van der Waals surface area contributed by atoms with Gasteiger partial charge in [-0.2, -0.15) is 0 Å². The summed E-state index contributed by atoms with van der Waals surface area (Å²) >= 11 is 0. The molecule has 0 saturated carbocycles. The molecule has 2 fully saturated rings. The highest BCUT2D eigenvalue weighted by Crippen LogP contribution is 2.29. The molecule has 2 amide bonds. The van der Waals surface area contributed by atoms with Gasteiger partial charge >= 0.3 is 0 Å². The van der Waals surface area contributed by atoms with Gasteiger partial charge in [0, 0.05) is 36.3 Å². The minimum absolute atomic E-state index is 0.0957. The standard InChI is InChI=1S/C25H31N3O2/c1-19(27-16-12-21(13-17-27)25(30)28-14-5-6-15-28)22-10-7-11-23(18-22)26-24(29)20-8-3-2-4-9-20/h2-4,7-11,18-19,21H,5-6,12-17H2,1H3,(H,26,29). The number of carbonyl (C=O) groups excluding carboxylic acids is 2. The number of anilines is 1. The molecule has 2 heterocycles. The third kappa shape index (κ3) is 4.73. The summed E-state index contributed by atoms with van der Waals surface area (Å²) in [5.41, 5.74) is 2.65. The van der Waals surface area contributed by atoms with Crippen LogP contribution in [0.25, 0.3) is 0 Å². The van der Waals surface area contributed by atoms with Gasteiger partial charge in [0.05, 0.1) is 0 Å². The zero-order valence-electron chi connectivity index (χ0n) is 17.7. The number of amides is 2. The molecule has 2 aromatic rings. The highest BCUT2D eigenvalue weighted by atomic mass is 16.2. The Morgan fingerprint density at radius 1 is 0.933 bits per heavy atom. The lowest BCUT2D eigenvalue weighted by molar-refractivity contribution is -0.136. The zero-order valence-corrected chi connectivity index (χ0v) is 17.7. The van der Waals surface area contributed by atoms with Crippen molar-refractivity contribution in [1.82, 2.24) is 9.80 Å². The number of likely N-dealkylation sites (tertiary alicyclic amines) is 2. The Bertz CT molecular complexity index is 869. The molecule has 0 aromatic heterocycles. The van der Waals surface area contributed by atoms with Crippen LogP contribution in [-0.4, -0.2) is 47.8 Å². The smallest absolute Gasteiger partial charge is 0.255 e. The van der Waals surface area contributed by atoms with Crippen molar-refractivity contribution in [1.29, 1.82) is 0 Å². The number of nitrogens with one attached hydrogen (secondary N) is 1. The first kappa shape index (κ1) is 20.6. The van der Waals surface area contributed by atoms with Crippen molar-refractivity contribution < 1.29 is 9.59 Å². The summed E-state index contributed by atoms with van der Waals surface area (Å²) in [5, 5.41) is 3.00. The maximum atomic E-state index is 12.7. The van der Waals surface area contributed by atoms with Crippen LogP contribution in [0.3, 0.4) is 0 Å². The average molecular weight is 406 g/mol. The van der Waals surface area contributed by atoms with Crippen LogP contribution < -0.4 is 5.32 Å². The van der Waals surface area contributed by atoms with Gasteiger partial charge in [0.1, 0.15) is 0 Å². The Morgan fingerprint density at radius 2 is 1.63 bits per heavy atom. The van der Waals surface area contributed by atoms with Gasteiger partial charge in [0.2, 0.25) is 5.91 Å². The van der Waals surface area contributed by atoms with Gasteiger partial charge in [-0.3, -0.25) is 14.5 Å². The van der Waals surface area contributed by atoms with Gasteiger partial charge < -0.3 is 10.2 Å². The second-order valence-electron chi connectivity index (χ2n) is 8.46. The van der Waals surface area contributed by atoms with E-state index in [-0.39, 0.29) is 17.9 Å². The fraction of sp³-hybridized carbons (Fsp3) is 0.440. The molecule has 0 bridgehead atoms. The van der Waals surface area contributed by atoms with Crippen molar-refractivity contribution >= 4 is 17.5 Å². The van der Waals surface area contributed by atoms with Gasteiger partial charge in [-0.1, -0.05) is 30.3 Å². The van der Waals surface area contributed by atoms with E-state index in [1.807, 2.05) is 42.5 Å². The SMILES string of the molecule is CC(c1cccc(NC(=O)c2ccccc2)c1)N1CCC(C(=O)N2CCCC2)CC1. The highest BCUT2D eigenvalue weighted by Gasteiger charge is 2.31. The maximum Gasteiger partial charge on any atom is 0.255 e. The summed E-state index contributed by atoms with van der Waals surface area (Å²) in [6, 6.07) is 17.6. The molecule has 4 rings (SSSR count). The monoisotopic (exact) mass is 405 g/mol. The largest absolute Gasteiger partial charge is 0.342 e. The minimum atomic E-state index is -0.0957. The first-order valence-electron chi connectivity index (χ1n) is 11.1. The summed E-state index contributed by atoms with van der Waals surface area (Å²) in [6.07, 6.45) is 4.17. The third-order valence-electron chi connectivity index (χ3n) is 6.51. The van der Waals surface area contributed by atoms with Crippen molar-refractivity contribution in [2.75, 3.05) is 31.5 Å². The molecule has 158 valence electrons. The summed E-state index contributed by atoms with van der Waals surface area (Å²) in [5.74, 6) is 0.454. The lowest BCUT2D eigenvalue weighted by Gasteiger charge is -2.37. The molecule has 0 radical (unpaired) electrons. The topological polar surface area (TPSA) is 52.7 Å². The van der Waals surface area contributed by atoms with E-state index in [1.54, 1.807) is 0 Å². The van der Waals surface area contributed by atoms with Crippen LogP contribution in [0.1, 0.15) is 54.6 Å². The Labute approximate surface area is 179 Å². The van der Waals surface area contributed by atoms with Crippen molar-refractivity contribution in [3.05, 3.63) is 65.7 Å². The van der Waals surface area contributed by atoms with Crippen LogP contribution in [0.5, 0.6) is 0 Å². The number of hydrogen-bond acceptors (Lipinski definition) is 3. The Kier molecular flexibility index (Phi) is 6.48. The van der Waals surface area contributed by atoms with Gasteiger partial charge in [-0.05, 0) is 75.5 Å². The van der Waals surface area contributed by atoms with Crippen LogP contribution in [0.4, 0.5) is 5.69 Å². The van der Waals surface area contributed by atoms with Crippen LogP contribution >= 0.6 is 0 Å². The van der Waals surface area contributed by atoms with E-state index in [4.69, 9.17) is 0 Å². The maximum absolute atomic E-state index is 12.7. The van der Waals surface area contributed by atoms with E-state index in [0.717, 1.165) is 57.5 Å². The van der Waals surface area contributed by atoms with E-state index in [2.05, 4.69) is 34.2 Å². The quantitative estimate of drug-likeness (QED) is 0.805. The number of piperidine rings is 1. The van der Waals surface area contributed by atoms with Crippen molar-refractivity contribution in [3.63, 3.8) is 0 Å². The summed E-state index contributed by atoms with van der Waals surface area (Å²) in [4.78, 5) is 29.6. The molecule has 1 atom stereocenters. The van der Waals surface area contributed by atoms with Crippen molar-refractivity contribution in [3.8, 4) is 0 Å². The van der Waals surface area contributed by atoms with Gasteiger partial charge in [-0.25, -0.2) is 0 Å². The first-order valence-corrected chi connectivity index (χ1v) is 11.1. The summed E-state index contributed by atoms with van der Waals surface area (Å²) in [6.45, 7) is 5.96. The first-order chi connectivity index (χ1) is 14.6. The predicted octanol–water partition coefficient (Wildman–Crippen LogP) is 4.33. The number of hydrogen-bond donors (Lipinski definition) is 1. The van der Waals surface area contributed by atoms with Gasteiger partial charge in [0.25, 0.3) is 5.91 Å². The molecule has 1 unspecified atom stereocenters. The third-order valence-corrected chi connectivity index (χ3v) is 6.51. The molecule has 2 aromatic carbocycles. The lowest BCUT2D eigenvalue weighted by Crippen LogP contribution is -2.42. The fourth-order valence-corrected chi connectivity index (χ4v) is 4.61. The molecule has 1 N–H and O–H groups in total. The van der Waals surface area contributed by atoms with Crippen LogP contribution in [0, 0.1) is 5.92 Å². The molecule has 0 spiro atoms. The molecule has 0 aliphatic carbocycles. The molecular weight excluding hydrogens is 374 g/mol. The summed E-state index contributed by atoms with van der Waals surface area (Å²) < 4.78 is 0. The van der Waals surface area contributed by atoms with Crippen molar-refractivity contribution in [2.45, 2.75) is 38.6 Å². The van der Waals surface area contributed by atoms with E-state index in [1.165, 1.54) is 5.56 Å². The Morgan fingerprint density at radius 3 is 2.33 bits per heavy atom. The highest BCUT2D eigenvalue weighted by molar-refractivity contribution is 6.04. The molecular formula is C25H31N3O2. The molecule has 2 saturated heterocycles. The van der Waals surface area contributed by atoms with E-state index in [0.29, 0.717) is 11.5 Å². The Hall–Kier alpha value is -2.66. The number of nitrogens with zero attached hydrogens (tertiary/aromatic N) is 2. The molecule has 2 aliphatic rings. The van der Waals surface area contributed by atoms with Gasteiger partial charge in [-0.15, -0.1) is 0 Å². The molecule has 2 aliphatic heterocycles. The molecule has 5 heteroatoms. The van der Waals surface area contributed by atoms with Crippen LogP contribution in [0.2, 0.25) is 0 Å². The summed E-state index contributed by atoms with van der Waals surface area (Å²) in [7, 11) is 0. The van der Waals surface area contributed by atoms with Crippen molar-refractivity contribution in [2.24, 2.45) is 5.92 Å². The molecule has 30 heavy (non-hydrogen) atoms. The zero-order chi connectivity index (χ0) is 20.9. The second-order valence-corrected chi connectivity index (χ2v) is 8.46. The van der Waals surface area contributed by atoms with E-state index >= 15 is 0 Å². The minimum Gasteiger partial charge on any atom is -0.342 e. The lowest BCUT2D eigenvalue weighted by atomic mass is 9.93.